The van der Waals surface area contributed by atoms with Crippen molar-refractivity contribution in [3.63, 3.8) is 0 Å². The van der Waals surface area contributed by atoms with Crippen LogP contribution in [0.2, 0.25) is 10.0 Å². The lowest BCUT2D eigenvalue weighted by Crippen LogP contribution is -2.54. The maximum Gasteiger partial charge on any atom is 0.264 e. The summed E-state index contributed by atoms with van der Waals surface area (Å²) < 4.78 is 29.3. The van der Waals surface area contributed by atoms with E-state index < -0.39 is 28.5 Å². The van der Waals surface area contributed by atoms with Crippen molar-refractivity contribution in [2.24, 2.45) is 0 Å². The topological polar surface area (TPSA) is 86.8 Å². The summed E-state index contributed by atoms with van der Waals surface area (Å²) in [7, 11) is -4.26. The highest BCUT2D eigenvalue weighted by molar-refractivity contribution is 7.92. The van der Waals surface area contributed by atoms with Gasteiger partial charge in [-0.1, -0.05) is 108 Å². The number of carbonyl (C=O) groups excluding carboxylic acids is 2. The Morgan fingerprint density at radius 2 is 1.42 bits per heavy atom. The van der Waals surface area contributed by atoms with Crippen molar-refractivity contribution < 1.29 is 18.0 Å². The van der Waals surface area contributed by atoms with Gasteiger partial charge in [-0.05, 0) is 61.7 Å². The first-order valence-corrected chi connectivity index (χ1v) is 16.9. The van der Waals surface area contributed by atoms with Crippen LogP contribution < -0.4 is 9.62 Å². The van der Waals surface area contributed by atoms with Gasteiger partial charge in [-0.25, -0.2) is 8.42 Å². The van der Waals surface area contributed by atoms with Crippen molar-refractivity contribution in [2.75, 3.05) is 10.8 Å². The van der Waals surface area contributed by atoms with Crippen LogP contribution in [0.4, 0.5) is 5.69 Å². The Bertz CT molecular complexity index is 1720. The quantitative estimate of drug-likeness (QED) is 0.166. The van der Waals surface area contributed by atoms with E-state index in [1.54, 1.807) is 60.7 Å². The fraction of sp³-hybridized carbons (Fsp3) is 0.257. The highest BCUT2D eigenvalue weighted by Gasteiger charge is 2.35. The molecule has 2 atom stereocenters. The zero-order valence-corrected chi connectivity index (χ0v) is 27.8. The lowest BCUT2D eigenvalue weighted by Gasteiger charge is -2.34. The number of aryl methyl sites for hydroxylation is 1. The zero-order chi connectivity index (χ0) is 32.6. The monoisotopic (exact) mass is 665 g/mol. The van der Waals surface area contributed by atoms with E-state index in [-0.39, 0.29) is 40.5 Å². The molecule has 0 fully saturated rings. The zero-order valence-electron chi connectivity index (χ0n) is 25.5. The molecule has 0 radical (unpaired) electrons. The van der Waals surface area contributed by atoms with Crippen LogP contribution in [0.15, 0.2) is 108 Å². The van der Waals surface area contributed by atoms with Gasteiger partial charge in [0.25, 0.3) is 10.0 Å². The molecule has 1 N–H and O–H groups in total. The van der Waals surface area contributed by atoms with Crippen LogP contribution in [0.1, 0.15) is 37.0 Å². The molecule has 7 nitrogen and oxygen atoms in total. The maximum atomic E-state index is 14.5. The molecule has 10 heteroatoms. The smallest absolute Gasteiger partial charge is 0.264 e. The average Bonchev–Trinajstić information content (AvgIpc) is 3.03. The molecule has 2 amide bonds. The van der Waals surface area contributed by atoms with E-state index in [0.29, 0.717) is 17.0 Å². The predicted octanol–water partition coefficient (Wildman–Crippen LogP) is 7.05. The van der Waals surface area contributed by atoms with Crippen LogP contribution >= 0.6 is 23.2 Å². The van der Waals surface area contributed by atoms with Crippen molar-refractivity contribution in [1.82, 2.24) is 10.2 Å². The minimum atomic E-state index is -4.26. The third-order valence-corrected chi connectivity index (χ3v) is 10.0. The molecule has 45 heavy (non-hydrogen) atoms. The summed E-state index contributed by atoms with van der Waals surface area (Å²) in [6, 6.07) is 28.2. The van der Waals surface area contributed by atoms with E-state index in [4.69, 9.17) is 23.2 Å². The molecule has 236 valence electrons. The third kappa shape index (κ3) is 8.66. The summed E-state index contributed by atoms with van der Waals surface area (Å²) >= 11 is 13.1. The Morgan fingerprint density at radius 1 is 0.822 bits per heavy atom. The summed E-state index contributed by atoms with van der Waals surface area (Å²) in [6.07, 6.45) is 0.896. The summed E-state index contributed by atoms with van der Waals surface area (Å²) in [5.41, 5.74) is 2.49. The lowest BCUT2D eigenvalue weighted by atomic mass is 10.0. The van der Waals surface area contributed by atoms with Crippen LogP contribution in [0.3, 0.4) is 0 Å². The van der Waals surface area contributed by atoms with Gasteiger partial charge in [0, 0.05) is 24.0 Å². The maximum absolute atomic E-state index is 14.5. The Morgan fingerprint density at radius 3 is 2.04 bits per heavy atom. The van der Waals surface area contributed by atoms with Crippen molar-refractivity contribution in [2.45, 2.75) is 57.1 Å². The first-order chi connectivity index (χ1) is 21.5. The van der Waals surface area contributed by atoms with E-state index >= 15 is 0 Å². The minimum absolute atomic E-state index is 0.00817. The number of nitrogens with one attached hydrogen (secondary N) is 1. The summed E-state index contributed by atoms with van der Waals surface area (Å²) in [5, 5.41) is 3.61. The molecule has 0 heterocycles. The summed E-state index contributed by atoms with van der Waals surface area (Å²) in [4.78, 5) is 29.9. The van der Waals surface area contributed by atoms with Gasteiger partial charge in [0.2, 0.25) is 11.8 Å². The van der Waals surface area contributed by atoms with E-state index in [2.05, 4.69) is 5.32 Å². The number of benzene rings is 4. The molecule has 0 spiro atoms. The second-order valence-corrected chi connectivity index (χ2v) is 13.6. The lowest BCUT2D eigenvalue weighted by molar-refractivity contribution is -0.140. The van der Waals surface area contributed by atoms with E-state index in [9.17, 15) is 18.0 Å². The molecule has 4 aromatic rings. The molecule has 0 aliphatic carbocycles. The highest BCUT2D eigenvalue weighted by atomic mass is 35.5. The molecule has 0 aromatic heterocycles. The van der Waals surface area contributed by atoms with Crippen LogP contribution in [0, 0.1) is 6.92 Å². The number of rotatable bonds is 13. The molecular formula is C35H37Cl2N3O4S. The largest absolute Gasteiger partial charge is 0.352 e. The van der Waals surface area contributed by atoms with E-state index in [1.165, 1.54) is 17.0 Å². The van der Waals surface area contributed by atoms with Gasteiger partial charge in [-0.15, -0.1) is 0 Å². The van der Waals surface area contributed by atoms with E-state index in [0.717, 1.165) is 15.4 Å². The first-order valence-electron chi connectivity index (χ1n) is 14.7. The van der Waals surface area contributed by atoms with Gasteiger partial charge >= 0.3 is 0 Å². The molecular weight excluding hydrogens is 629 g/mol. The average molecular weight is 667 g/mol. The second kappa shape index (κ2) is 15.4. The minimum Gasteiger partial charge on any atom is -0.352 e. The van der Waals surface area contributed by atoms with Gasteiger partial charge in [-0.3, -0.25) is 13.9 Å². The molecule has 0 bridgehead atoms. The Hall–Kier alpha value is -3.85. The Labute approximate surface area is 275 Å². The number of sulfonamides is 1. The number of para-hydroxylation sites is 1. The van der Waals surface area contributed by atoms with Gasteiger partial charge in [-0.2, -0.15) is 0 Å². The molecule has 4 rings (SSSR count). The number of amides is 2. The van der Waals surface area contributed by atoms with Crippen LogP contribution in [-0.2, 0) is 32.6 Å². The number of nitrogens with zero attached hydrogens (tertiary/aromatic N) is 2. The molecule has 0 saturated carbocycles. The van der Waals surface area contributed by atoms with Gasteiger partial charge in [0.05, 0.1) is 15.6 Å². The number of hydrogen-bond donors (Lipinski definition) is 1. The Balaban J connectivity index is 1.83. The second-order valence-electron chi connectivity index (χ2n) is 10.9. The summed E-state index contributed by atoms with van der Waals surface area (Å²) in [5.74, 6) is -0.940. The van der Waals surface area contributed by atoms with Crippen molar-refractivity contribution in [3.05, 3.63) is 130 Å². The number of carbonyl (C=O) groups is 2. The SMILES string of the molecule is CC[C@H](C)NC(=O)[C@H](Cc1ccccc1)N(Cc1ccccc1Cl)C(=O)CN(c1ccccc1Cl)S(=O)(=O)c1ccc(C)cc1. The molecule has 0 aliphatic heterocycles. The third-order valence-electron chi connectivity index (χ3n) is 7.58. The molecule has 0 aliphatic rings. The number of hydrogen-bond acceptors (Lipinski definition) is 4. The highest BCUT2D eigenvalue weighted by Crippen LogP contribution is 2.31. The van der Waals surface area contributed by atoms with Crippen molar-refractivity contribution in [1.29, 1.82) is 0 Å². The Kier molecular flexibility index (Phi) is 11.7. The van der Waals surface area contributed by atoms with Gasteiger partial charge in [0.15, 0.2) is 0 Å². The normalized spacial score (nSPS) is 12.6. The fourth-order valence-electron chi connectivity index (χ4n) is 4.81. The standard InChI is InChI=1S/C35H37Cl2N3O4S/c1-4-26(3)38-35(42)33(22-27-12-6-5-7-13-27)39(23-28-14-8-9-15-30(28)36)34(41)24-40(32-17-11-10-16-31(32)37)45(43,44)29-20-18-25(2)19-21-29/h5-21,26,33H,4,22-24H2,1-3H3,(H,38,42)/t26-,33-/m0/s1. The molecule has 0 unspecified atom stereocenters. The van der Waals surface area contributed by atoms with Crippen molar-refractivity contribution >= 4 is 50.7 Å². The predicted molar refractivity (Wildman–Crippen MR) is 181 cm³/mol. The summed E-state index contributed by atoms with van der Waals surface area (Å²) in [6.45, 7) is 5.08. The number of anilines is 1. The fourth-order valence-corrected chi connectivity index (χ4v) is 6.73. The molecule has 0 saturated heterocycles. The first kappa shape index (κ1) is 34.0. The van der Waals surface area contributed by atoms with E-state index in [1.807, 2.05) is 51.1 Å². The van der Waals surface area contributed by atoms with Crippen LogP contribution in [0.5, 0.6) is 0 Å². The van der Waals surface area contributed by atoms with Crippen molar-refractivity contribution in [3.8, 4) is 0 Å². The van der Waals surface area contributed by atoms with Crippen LogP contribution in [0.25, 0.3) is 0 Å². The van der Waals surface area contributed by atoms with Gasteiger partial charge in [0.1, 0.15) is 12.6 Å². The van der Waals surface area contributed by atoms with Crippen LogP contribution in [-0.4, -0.2) is 43.8 Å². The molecule has 4 aromatic carbocycles. The number of halogens is 2. The van der Waals surface area contributed by atoms with Gasteiger partial charge < -0.3 is 10.2 Å².